The predicted molar refractivity (Wildman–Crippen MR) is 158 cm³/mol. The molecule has 0 aliphatic rings. The normalized spacial score (nSPS) is 11.0. The number of imide groups is 1. The number of hydrogen-bond acceptors (Lipinski definition) is 9. The van der Waals surface area contributed by atoms with E-state index < -0.39 is 50.7 Å². The molecule has 2 aromatic rings. The average Bonchev–Trinajstić information content (AvgIpc) is 2.76. The number of nitrogens with one attached hydrogen (secondary N) is 1. The fraction of sp³-hybridized carbons (Fsp3) is 0.348. The number of nitro groups is 2. The largest absolute Gasteiger partial charge is 0.465 e. The molecule has 0 aromatic heterocycles. The molecule has 3 amide bonds. The summed E-state index contributed by atoms with van der Waals surface area (Å²) in [6, 6.07) is 5.26. The topological polar surface area (TPSA) is 191 Å². The third-order valence-corrected chi connectivity index (χ3v) is 6.66. The summed E-state index contributed by atoms with van der Waals surface area (Å²) in [5.41, 5.74) is -3.50. The lowest BCUT2D eigenvalue weighted by atomic mass is 10.2. The van der Waals surface area contributed by atoms with Gasteiger partial charge in [-0.25, -0.2) is 14.4 Å². The molecular weight excluding hydrogens is 723 g/mol. The van der Waals surface area contributed by atoms with Gasteiger partial charge in [0, 0.05) is 8.95 Å². The van der Waals surface area contributed by atoms with Crippen LogP contribution in [0.15, 0.2) is 33.2 Å². The van der Waals surface area contributed by atoms with Crippen molar-refractivity contribution in [1.82, 2.24) is 0 Å². The van der Waals surface area contributed by atoms with Crippen LogP contribution >= 0.6 is 55.1 Å². The summed E-state index contributed by atoms with van der Waals surface area (Å²) in [4.78, 5) is 56.6. The van der Waals surface area contributed by atoms with Gasteiger partial charge in [0.15, 0.2) is 0 Å². The van der Waals surface area contributed by atoms with Crippen molar-refractivity contribution in [1.29, 1.82) is 0 Å². The van der Waals surface area contributed by atoms with Crippen LogP contribution in [0.1, 0.15) is 41.5 Å². The number of anilines is 2. The van der Waals surface area contributed by atoms with E-state index in [4.69, 9.17) is 37.8 Å². The molecular formula is C23H24Br2Cl2N4O10. The molecule has 0 saturated carbocycles. The number of carboxylic acid groups (broad SMARTS) is 1. The SMILES string of the molecule is CC(C)(C)OC(=O)N(C(=O)OC(C)(C)C)c1ccc(Br)c(Cl)c1[N+](=O)[O-].O=C(O)Nc1ccc(Br)c(Cl)c1[N+](=O)[O-]. The third-order valence-electron chi connectivity index (χ3n) is 4.12. The number of amides is 3. The van der Waals surface area contributed by atoms with Crippen LogP contribution in [0.3, 0.4) is 0 Å². The second kappa shape index (κ2) is 14.1. The van der Waals surface area contributed by atoms with E-state index in [1.807, 2.05) is 5.32 Å². The zero-order valence-electron chi connectivity index (χ0n) is 22.3. The molecule has 0 saturated heterocycles. The molecule has 41 heavy (non-hydrogen) atoms. The molecule has 0 atom stereocenters. The van der Waals surface area contributed by atoms with Crippen LogP contribution in [0, 0.1) is 20.2 Å². The van der Waals surface area contributed by atoms with Crippen LogP contribution in [0.5, 0.6) is 0 Å². The molecule has 2 N–H and O–H groups in total. The van der Waals surface area contributed by atoms with Gasteiger partial charge in [-0.3, -0.25) is 25.5 Å². The van der Waals surface area contributed by atoms with Crippen molar-refractivity contribution in [2.45, 2.75) is 52.7 Å². The van der Waals surface area contributed by atoms with E-state index in [-0.39, 0.29) is 25.9 Å². The zero-order chi connectivity index (χ0) is 32.0. The second-order valence-electron chi connectivity index (χ2n) is 9.73. The van der Waals surface area contributed by atoms with Crippen molar-refractivity contribution < 1.29 is 38.8 Å². The number of benzene rings is 2. The Hall–Kier alpha value is -3.21. The number of rotatable bonds is 4. The maximum Gasteiger partial charge on any atom is 0.424 e. The van der Waals surface area contributed by atoms with Gasteiger partial charge in [-0.2, -0.15) is 4.90 Å². The molecule has 18 heteroatoms. The van der Waals surface area contributed by atoms with Crippen molar-refractivity contribution in [3.8, 4) is 0 Å². The lowest BCUT2D eigenvalue weighted by Gasteiger charge is -2.28. The molecule has 2 rings (SSSR count). The van der Waals surface area contributed by atoms with Gasteiger partial charge in [-0.1, -0.05) is 23.2 Å². The molecule has 0 spiro atoms. The minimum atomic E-state index is -1.39. The maximum absolute atomic E-state index is 12.6. The molecule has 0 bridgehead atoms. The van der Waals surface area contributed by atoms with E-state index >= 15 is 0 Å². The van der Waals surface area contributed by atoms with Gasteiger partial charge in [0.05, 0.1) is 9.85 Å². The highest BCUT2D eigenvalue weighted by molar-refractivity contribution is 9.10. The van der Waals surface area contributed by atoms with Gasteiger partial charge in [-0.05, 0) is 97.7 Å². The van der Waals surface area contributed by atoms with Crippen LogP contribution in [0.4, 0.5) is 37.1 Å². The first-order chi connectivity index (χ1) is 18.6. The first-order valence-corrected chi connectivity index (χ1v) is 13.4. The van der Waals surface area contributed by atoms with Gasteiger partial charge in [0.1, 0.15) is 32.6 Å². The molecule has 0 aliphatic heterocycles. The summed E-state index contributed by atoms with van der Waals surface area (Å²) in [6.07, 6.45) is -3.63. The first-order valence-electron chi connectivity index (χ1n) is 11.1. The van der Waals surface area contributed by atoms with E-state index in [1.54, 1.807) is 41.5 Å². The summed E-state index contributed by atoms with van der Waals surface area (Å²) in [5, 5.41) is 32.1. The summed E-state index contributed by atoms with van der Waals surface area (Å²) < 4.78 is 11.0. The number of nitrogens with zero attached hydrogens (tertiary/aromatic N) is 3. The third kappa shape index (κ3) is 10.6. The summed E-state index contributed by atoms with van der Waals surface area (Å²) >= 11 is 17.7. The highest BCUT2D eigenvalue weighted by Crippen LogP contribution is 2.41. The monoisotopic (exact) mass is 744 g/mol. The smallest absolute Gasteiger partial charge is 0.424 e. The maximum atomic E-state index is 12.6. The fourth-order valence-electron chi connectivity index (χ4n) is 2.70. The number of halogens is 4. The van der Waals surface area contributed by atoms with Crippen molar-refractivity contribution in [2.24, 2.45) is 0 Å². The van der Waals surface area contributed by atoms with Gasteiger partial charge in [0.25, 0.3) is 0 Å². The predicted octanol–water partition coefficient (Wildman–Crippen LogP) is 8.79. The molecule has 0 fully saturated rings. The first kappa shape index (κ1) is 35.8. The Morgan fingerprint density at radius 1 is 0.829 bits per heavy atom. The lowest BCUT2D eigenvalue weighted by molar-refractivity contribution is -0.384. The molecule has 14 nitrogen and oxygen atoms in total. The fourth-order valence-corrected chi connectivity index (χ4v) is 3.81. The highest BCUT2D eigenvalue weighted by Gasteiger charge is 2.38. The van der Waals surface area contributed by atoms with Gasteiger partial charge in [-0.15, -0.1) is 0 Å². The Morgan fingerprint density at radius 2 is 1.22 bits per heavy atom. The Morgan fingerprint density at radius 3 is 1.59 bits per heavy atom. The Bertz CT molecular complexity index is 1350. The Kier molecular flexibility index (Phi) is 12.3. The van der Waals surface area contributed by atoms with Crippen LogP contribution in [-0.4, -0.2) is 44.4 Å². The van der Waals surface area contributed by atoms with Crippen LogP contribution < -0.4 is 10.2 Å². The molecule has 0 unspecified atom stereocenters. The van der Waals surface area contributed by atoms with Crippen LogP contribution in [0.2, 0.25) is 10.0 Å². The summed E-state index contributed by atoms with van der Waals surface area (Å²) in [6.45, 7) is 9.59. The molecule has 0 aliphatic carbocycles. The van der Waals surface area contributed by atoms with Crippen molar-refractivity contribution in [2.75, 3.05) is 10.2 Å². The number of carbonyl (C=O) groups is 3. The summed E-state index contributed by atoms with van der Waals surface area (Å²) in [7, 11) is 0. The van der Waals surface area contributed by atoms with Crippen molar-refractivity contribution in [3.63, 3.8) is 0 Å². The van der Waals surface area contributed by atoms with Crippen LogP contribution in [-0.2, 0) is 9.47 Å². The summed E-state index contributed by atoms with van der Waals surface area (Å²) in [5.74, 6) is 0. The molecule has 0 heterocycles. The molecule has 224 valence electrons. The van der Waals surface area contributed by atoms with Gasteiger partial charge >= 0.3 is 29.7 Å². The molecule has 2 aromatic carbocycles. The second-order valence-corrected chi connectivity index (χ2v) is 12.2. The van der Waals surface area contributed by atoms with Gasteiger partial charge < -0.3 is 14.6 Å². The lowest BCUT2D eigenvalue weighted by Crippen LogP contribution is -2.44. The van der Waals surface area contributed by atoms with Crippen LogP contribution in [0.25, 0.3) is 0 Å². The van der Waals surface area contributed by atoms with E-state index in [2.05, 4.69) is 31.9 Å². The standard InChI is InChI=1S/C16H20BrClN2O6.C7H4BrClN2O4/c1-15(2,3)25-13(21)19(14(22)26-16(4,5)6)10-8-7-9(17)11(18)12(10)20(23)24;8-3-1-2-4(10-7(12)13)6(5(3)9)11(14)15/h7-8H,1-6H3;1-2,10H,(H,12,13). The van der Waals surface area contributed by atoms with Crippen molar-refractivity contribution in [3.05, 3.63) is 63.5 Å². The minimum absolute atomic E-state index is 0.147. The van der Waals surface area contributed by atoms with E-state index in [0.29, 0.717) is 9.37 Å². The van der Waals surface area contributed by atoms with E-state index in [1.165, 1.54) is 24.3 Å². The number of nitro benzene ring substituents is 2. The highest BCUT2D eigenvalue weighted by atomic mass is 79.9. The average molecular weight is 747 g/mol. The molecule has 0 radical (unpaired) electrons. The Balaban J connectivity index is 0.000000474. The van der Waals surface area contributed by atoms with E-state index in [0.717, 1.165) is 0 Å². The van der Waals surface area contributed by atoms with Crippen molar-refractivity contribution >= 4 is 96.1 Å². The number of carbonyl (C=O) groups excluding carboxylic acids is 2. The number of ether oxygens (including phenoxy) is 2. The van der Waals surface area contributed by atoms with E-state index in [9.17, 15) is 34.6 Å². The van der Waals surface area contributed by atoms with Gasteiger partial charge in [0.2, 0.25) is 0 Å². The number of hydrogen-bond donors (Lipinski definition) is 2. The quantitative estimate of drug-likeness (QED) is 0.226. The Labute approximate surface area is 260 Å². The minimum Gasteiger partial charge on any atom is -0.465 e. The zero-order valence-corrected chi connectivity index (χ0v) is 27.0.